The number of benzene rings is 1. The number of hydrogen-bond donors (Lipinski definition) is 2. The third-order valence-corrected chi connectivity index (χ3v) is 3.22. The molecule has 1 amide bonds. The second kappa shape index (κ2) is 11.4. The summed E-state index contributed by atoms with van der Waals surface area (Å²) in [6.45, 7) is 3.76. The van der Waals surface area contributed by atoms with Gasteiger partial charge in [-0.25, -0.2) is 0 Å². The lowest BCUT2D eigenvalue weighted by Gasteiger charge is -2.14. The van der Waals surface area contributed by atoms with Crippen LogP contribution in [0.5, 0.6) is 5.75 Å². The number of methoxy groups -OCH3 is 1. The fourth-order valence-electron chi connectivity index (χ4n) is 2.20. The first-order valence-electron chi connectivity index (χ1n) is 7.20. The van der Waals surface area contributed by atoms with Gasteiger partial charge in [0.15, 0.2) is 0 Å². The molecule has 4 nitrogen and oxygen atoms in total. The van der Waals surface area contributed by atoms with Crippen LogP contribution in [0.4, 0.5) is 0 Å². The zero-order chi connectivity index (χ0) is 14.8. The van der Waals surface area contributed by atoms with Crippen molar-refractivity contribution in [2.75, 3.05) is 27.2 Å². The first-order valence-corrected chi connectivity index (χ1v) is 7.20. The number of ether oxygens (including phenoxy) is 1. The third kappa shape index (κ3) is 7.93. The summed E-state index contributed by atoms with van der Waals surface area (Å²) in [5, 5.41) is 6.01. The lowest BCUT2D eigenvalue weighted by molar-refractivity contribution is -0.121. The molecule has 21 heavy (non-hydrogen) atoms. The first kappa shape index (κ1) is 19.7. The Bertz CT molecular complexity index is 413. The van der Waals surface area contributed by atoms with E-state index in [4.69, 9.17) is 4.74 Å². The molecule has 0 spiro atoms. The van der Waals surface area contributed by atoms with E-state index < -0.39 is 0 Å². The minimum absolute atomic E-state index is 0. The van der Waals surface area contributed by atoms with Crippen LogP contribution < -0.4 is 15.4 Å². The van der Waals surface area contributed by atoms with Crippen molar-refractivity contribution in [3.8, 4) is 5.75 Å². The molecular formula is C16H27ClN2O2. The highest BCUT2D eigenvalue weighted by Gasteiger charge is 2.11. The zero-order valence-corrected chi connectivity index (χ0v) is 14.0. The Kier molecular flexibility index (Phi) is 10.7. The fraction of sp³-hybridized carbons (Fsp3) is 0.562. The smallest absolute Gasteiger partial charge is 0.220 e. The summed E-state index contributed by atoms with van der Waals surface area (Å²) in [6.07, 6.45) is 2.37. The maximum atomic E-state index is 11.8. The van der Waals surface area contributed by atoms with Gasteiger partial charge in [-0.05, 0) is 44.0 Å². The summed E-state index contributed by atoms with van der Waals surface area (Å²) in [5.74, 6) is 1.33. The van der Waals surface area contributed by atoms with Crippen LogP contribution in [0.1, 0.15) is 25.3 Å². The standard InChI is InChI=1S/C16H26N2O2.ClH/c1-13(12-16(19)18-10-6-9-17-2)11-14-7-4-5-8-15(14)20-3;/h4-5,7-8,13,17H,6,9-12H2,1-3H3,(H,18,19);1H. The Morgan fingerprint density at radius 3 is 2.67 bits per heavy atom. The Morgan fingerprint density at radius 1 is 1.29 bits per heavy atom. The molecule has 0 fully saturated rings. The minimum Gasteiger partial charge on any atom is -0.496 e. The number of carbonyl (C=O) groups is 1. The van der Waals surface area contributed by atoms with Gasteiger partial charge < -0.3 is 15.4 Å². The summed E-state index contributed by atoms with van der Waals surface area (Å²) in [4.78, 5) is 11.8. The number of rotatable bonds is 9. The largest absolute Gasteiger partial charge is 0.496 e. The molecule has 1 aromatic rings. The second-order valence-electron chi connectivity index (χ2n) is 5.13. The van der Waals surface area contributed by atoms with Crippen LogP contribution in [0.3, 0.4) is 0 Å². The Morgan fingerprint density at radius 2 is 2.00 bits per heavy atom. The van der Waals surface area contributed by atoms with E-state index in [9.17, 15) is 4.79 Å². The summed E-state index contributed by atoms with van der Waals surface area (Å²) in [6, 6.07) is 7.98. The summed E-state index contributed by atoms with van der Waals surface area (Å²) in [7, 11) is 3.59. The van der Waals surface area contributed by atoms with Gasteiger partial charge in [-0.15, -0.1) is 12.4 Å². The highest BCUT2D eigenvalue weighted by atomic mass is 35.5. The average molecular weight is 315 g/mol. The Hall–Kier alpha value is -1.26. The third-order valence-electron chi connectivity index (χ3n) is 3.22. The quantitative estimate of drug-likeness (QED) is 0.688. The van der Waals surface area contributed by atoms with Gasteiger partial charge in [-0.3, -0.25) is 4.79 Å². The first-order chi connectivity index (χ1) is 9.67. The average Bonchev–Trinajstić information content (AvgIpc) is 2.44. The van der Waals surface area contributed by atoms with Crippen LogP contribution in [-0.2, 0) is 11.2 Å². The van der Waals surface area contributed by atoms with Crippen molar-refractivity contribution in [2.45, 2.75) is 26.2 Å². The van der Waals surface area contributed by atoms with Gasteiger partial charge in [0.2, 0.25) is 5.91 Å². The highest BCUT2D eigenvalue weighted by molar-refractivity contribution is 5.85. The summed E-state index contributed by atoms with van der Waals surface area (Å²) in [5.41, 5.74) is 1.16. The van der Waals surface area contributed by atoms with Crippen molar-refractivity contribution < 1.29 is 9.53 Å². The van der Waals surface area contributed by atoms with Crippen molar-refractivity contribution in [2.24, 2.45) is 5.92 Å². The molecule has 0 radical (unpaired) electrons. The maximum absolute atomic E-state index is 11.8. The summed E-state index contributed by atoms with van der Waals surface area (Å²) >= 11 is 0. The van der Waals surface area contributed by atoms with Gasteiger partial charge in [0, 0.05) is 13.0 Å². The molecule has 1 aromatic carbocycles. The summed E-state index contributed by atoms with van der Waals surface area (Å²) < 4.78 is 5.34. The molecule has 1 unspecified atom stereocenters. The van der Waals surface area contributed by atoms with Gasteiger partial charge in [0.25, 0.3) is 0 Å². The zero-order valence-electron chi connectivity index (χ0n) is 13.1. The van der Waals surface area contributed by atoms with Crippen LogP contribution in [0.15, 0.2) is 24.3 Å². The van der Waals surface area contributed by atoms with Crippen molar-refractivity contribution in [1.29, 1.82) is 0 Å². The molecule has 0 aliphatic rings. The number of para-hydroxylation sites is 1. The molecular weight excluding hydrogens is 288 g/mol. The van der Waals surface area contributed by atoms with E-state index in [-0.39, 0.29) is 18.3 Å². The molecule has 0 saturated heterocycles. The Balaban J connectivity index is 0.00000400. The number of carbonyl (C=O) groups excluding carboxylic acids is 1. The van der Waals surface area contributed by atoms with E-state index in [0.29, 0.717) is 12.3 Å². The number of hydrogen-bond acceptors (Lipinski definition) is 3. The molecule has 1 rings (SSSR count). The van der Waals surface area contributed by atoms with Crippen molar-refractivity contribution >= 4 is 18.3 Å². The van der Waals surface area contributed by atoms with E-state index in [1.807, 2.05) is 25.2 Å². The van der Waals surface area contributed by atoms with E-state index in [1.165, 1.54) is 0 Å². The van der Waals surface area contributed by atoms with E-state index in [1.54, 1.807) is 7.11 Å². The SMILES string of the molecule is CNCCCNC(=O)CC(C)Cc1ccccc1OC.Cl. The molecule has 0 saturated carbocycles. The molecule has 0 bridgehead atoms. The van der Waals surface area contributed by atoms with E-state index in [0.717, 1.165) is 37.2 Å². The van der Waals surface area contributed by atoms with Gasteiger partial charge in [0.05, 0.1) is 7.11 Å². The Labute approximate surface area is 134 Å². The van der Waals surface area contributed by atoms with Crippen LogP contribution in [0.2, 0.25) is 0 Å². The van der Waals surface area contributed by atoms with Gasteiger partial charge in [0.1, 0.15) is 5.75 Å². The lowest BCUT2D eigenvalue weighted by atomic mass is 9.97. The predicted molar refractivity (Wildman–Crippen MR) is 89.3 cm³/mol. The van der Waals surface area contributed by atoms with Gasteiger partial charge in [-0.1, -0.05) is 25.1 Å². The van der Waals surface area contributed by atoms with Crippen molar-refractivity contribution in [3.05, 3.63) is 29.8 Å². The van der Waals surface area contributed by atoms with Crippen molar-refractivity contribution in [3.63, 3.8) is 0 Å². The molecule has 0 aromatic heterocycles. The lowest BCUT2D eigenvalue weighted by Crippen LogP contribution is -2.28. The molecule has 1 atom stereocenters. The van der Waals surface area contributed by atoms with Crippen molar-refractivity contribution in [1.82, 2.24) is 10.6 Å². The van der Waals surface area contributed by atoms with Crippen LogP contribution in [0, 0.1) is 5.92 Å². The topological polar surface area (TPSA) is 50.4 Å². The van der Waals surface area contributed by atoms with Crippen LogP contribution in [-0.4, -0.2) is 33.2 Å². The number of halogens is 1. The molecule has 0 heterocycles. The predicted octanol–water partition coefficient (Wildman–Crippen LogP) is 2.41. The highest BCUT2D eigenvalue weighted by Crippen LogP contribution is 2.21. The van der Waals surface area contributed by atoms with E-state index in [2.05, 4.69) is 23.6 Å². The normalized spacial score (nSPS) is 11.4. The molecule has 5 heteroatoms. The van der Waals surface area contributed by atoms with Crippen LogP contribution >= 0.6 is 12.4 Å². The monoisotopic (exact) mass is 314 g/mol. The minimum atomic E-state index is 0. The van der Waals surface area contributed by atoms with Crippen LogP contribution in [0.25, 0.3) is 0 Å². The molecule has 120 valence electrons. The van der Waals surface area contributed by atoms with Gasteiger partial charge >= 0.3 is 0 Å². The molecule has 2 N–H and O–H groups in total. The van der Waals surface area contributed by atoms with E-state index >= 15 is 0 Å². The molecule has 0 aliphatic heterocycles. The maximum Gasteiger partial charge on any atom is 0.220 e. The number of amides is 1. The second-order valence-corrected chi connectivity index (χ2v) is 5.13. The fourth-order valence-corrected chi connectivity index (χ4v) is 2.20. The van der Waals surface area contributed by atoms with Gasteiger partial charge in [-0.2, -0.15) is 0 Å². The number of nitrogens with one attached hydrogen (secondary N) is 2. The molecule has 0 aliphatic carbocycles.